The molecule has 0 radical (unpaired) electrons. The SMILES string of the molecule is COc1cc2c(cc1O)O[C@H]1c3cc(CC=C(C)C)c(O)cc3OC[C@@H]21. The Morgan fingerprint density at radius 2 is 1.88 bits per heavy atom. The maximum absolute atomic E-state index is 10.3. The molecule has 0 aromatic heterocycles. The standard InChI is InChI=1S/C21H22O5/c1-11(2)4-5-12-6-14-18(8-16(12)22)25-10-15-13-7-20(24-3)17(23)9-19(13)26-21(14)15/h4,6-9,15,21-23H,5,10H2,1-3H3/t15-,21-/m0/s1. The number of hydrogen-bond donors (Lipinski definition) is 2. The Morgan fingerprint density at radius 3 is 2.62 bits per heavy atom. The Morgan fingerprint density at radius 1 is 1.12 bits per heavy atom. The highest BCUT2D eigenvalue weighted by Gasteiger charge is 2.41. The van der Waals surface area contributed by atoms with Crippen LogP contribution in [0.1, 0.15) is 42.6 Å². The molecule has 26 heavy (non-hydrogen) atoms. The highest BCUT2D eigenvalue weighted by Crippen LogP contribution is 2.54. The number of ether oxygens (including phenoxy) is 3. The number of phenolic OH excluding ortho intramolecular Hbond substituents is 2. The molecule has 0 amide bonds. The van der Waals surface area contributed by atoms with Crippen molar-refractivity contribution in [3.8, 4) is 28.7 Å². The first kappa shape index (κ1) is 16.6. The normalized spacial score (nSPS) is 19.5. The van der Waals surface area contributed by atoms with Crippen molar-refractivity contribution in [3.63, 3.8) is 0 Å². The van der Waals surface area contributed by atoms with Crippen LogP contribution in [0.4, 0.5) is 0 Å². The molecule has 0 saturated heterocycles. The van der Waals surface area contributed by atoms with Crippen LogP contribution >= 0.6 is 0 Å². The number of aromatic hydroxyl groups is 2. The zero-order valence-electron chi connectivity index (χ0n) is 15.1. The van der Waals surface area contributed by atoms with Crippen molar-refractivity contribution in [1.29, 1.82) is 0 Å². The van der Waals surface area contributed by atoms with Crippen LogP contribution in [0, 0.1) is 0 Å². The minimum atomic E-state index is -0.202. The fourth-order valence-corrected chi connectivity index (χ4v) is 3.60. The van der Waals surface area contributed by atoms with Crippen molar-refractivity contribution in [2.75, 3.05) is 13.7 Å². The second-order valence-electron chi connectivity index (χ2n) is 7.02. The van der Waals surface area contributed by atoms with Gasteiger partial charge in [-0.15, -0.1) is 0 Å². The molecule has 0 bridgehead atoms. The molecule has 2 atom stereocenters. The Labute approximate surface area is 152 Å². The predicted octanol–water partition coefficient (Wildman–Crippen LogP) is 4.22. The summed E-state index contributed by atoms with van der Waals surface area (Å²) in [5.41, 5.74) is 3.93. The average molecular weight is 354 g/mol. The van der Waals surface area contributed by atoms with Gasteiger partial charge in [-0.05, 0) is 38.0 Å². The number of methoxy groups -OCH3 is 1. The molecule has 0 saturated carbocycles. The molecule has 2 N–H and O–H groups in total. The number of hydrogen-bond acceptors (Lipinski definition) is 5. The fraction of sp³-hybridized carbons (Fsp3) is 0.333. The van der Waals surface area contributed by atoms with Crippen molar-refractivity contribution < 1.29 is 24.4 Å². The number of allylic oxidation sites excluding steroid dienone is 2. The first-order chi connectivity index (χ1) is 12.5. The van der Waals surface area contributed by atoms with E-state index < -0.39 is 0 Å². The van der Waals surface area contributed by atoms with E-state index >= 15 is 0 Å². The van der Waals surface area contributed by atoms with Gasteiger partial charge in [0.05, 0.1) is 19.6 Å². The molecule has 2 aromatic rings. The summed E-state index contributed by atoms with van der Waals surface area (Å²) >= 11 is 0. The van der Waals surface area contributed by atoms with E-state index in [1.54, 1.807) is 12.1 Å². The third-order valence-electron chi connectivity index (χ3n) is 5.00. The van der Waals surface area contributed by atoms with Crippen LogP contribution in [0.3, 0.4) is 0 Å². The van der Waals surface area contributed by atoms with E-state index in [0.717, 1.165) is 16.7 Å². The molecule has 136 valence electrons. The van der Waals surface area contributed by atoms with E-state index in [2.05, 4.69) is 6.08 Å². The maximum Gasteiger partial charge on any atom is 0.161 e. The van der Waals surface area contributed by atoms with E-state index in [1.807, 2.05) is 26.0 Å². The molecule has 0 spiro atoms. The topological polar surface area (TPSA) is 68.2 Å². The van der Waals surface area contributed by atoms with Crippen LogP contribution in [0.15, 0.2) is 35.9 Å². The molecule has 5 nitrogen and oxygen atoms in total. The summed E-state index contributed by atoms with van der Waals surface area (Å²) in [7, 11) is 1.53. The van der Waals surface area contributed by atoms with Crippen LogP contribution in [-0.4, -0.2) is 23.9 Å². The summed E-state index contributed by atoms with van der Waals surface area (Å²) in [5, 5.41) is 20.3. The second-order valence-corrected chi connectivity index (χ2v) is 7.02. The maximum atomic E-state index is 10.3. The van der Waals surface area contributed by atoms with Crippen LogP contribution < -0.4 is 14.2 Å². The van der Waals surface area contributed by atoms with Crippen LogP contribution in [0.2, 0.25) is 0 Å². The zero-order chi connectivity index (χ0) is 18.4. The van der Waals surface area contributed by atoms with Gasteiger partial charge in [0.25, 0.3) is 0 Å². The molecule has 2 aliphatic heterocycles. The molecular weight excluding hydrogens is 332 g/mol. The van der Waals surface area contributed by atoms with Crippen LogP contribution in [-0.2, 0) is 6.42 Å². The van der Waals surface area contributed by atoms with Crippen molar-refractivity contribution >= 4 is 0 Å². The van der Waals surface area contributed by atoms with E-state index in [0.29, 0.717) is 30.3 Å². The van der Waals surface area contributed by atoms with Gasteiger partial charge in [-0.2, -0.15) is 0 Å². The lowest BCUT2D eigenvalue weighted by Crippen LogP contribution is -2.23. The quantitative estimate of drug-likeness (QED) is 0.808. The molecule has 2 heterocycles. The first-order valence-corrected chi connectivity index (χ1v) is 8.67. The Balaban J connectivity index is 1.74. The predicted molar refractivity (Wildman–Crippen MR) is 97.5 cm³/mol. The first-order valence-electron chi connectivity index (χ1n) is 8.67. The number of benzene rings is 2. The molecule has 2 aliphatic rings. The van der Waals surface area contributed by atoms with Crippen LogP contribution in [0.25, 0.3) is 0 Å². The van der Waals surface area contributed by atoms with Gasteiger partial charge in [0.15, 0.2) is 11.5 Å². The molecule has 2 aromatic carbocycles. The third-order valence-corrected chi connectivity index (χ3v) is 5.00. The van der Waals surface area contributed by atoms with Crippen molar-refractivity contribution in [3.05, 3.63) is 52.6 Å². The second kappa shape index (κ2) is 6.16. The lowest BCUT2D eigenvalue weighted by molar-refractivity contribution is 0.139. The summed E-state index contributed by atoms with van der Waals surface area (Å²) in [4.78, 5) is 0. The van der Waals surface area contributed by atoms with E-state index in [-0.39, 0.29) is 23.5 Å². The van der Waals surface area contributed by atoms with Gasteiger partial charge in [0.1, 0.15) is 23.4 Å². The number of phenols is 2. The molecule has 0 fully saturated rings. The Kier molecular flexibility index (Phi) is 3.94. The van der Waals surface area contributed by atoms with Gasteiger partial charge in [-0.25, -0.2) is 0 Å². The minimum absolute atomic E-state index is 0.0212. The fourth-order valence-electron chi connectivity index (χ4n) is 3.60. The summed E-state index contributed by atoms with van der Waals surface area (Å²) in [5.74, 6) is 2.03. The summed E-state index contributed by atoms with van der Waals surface area (Å²) in [6, 6.07) is 7.04. The highest BCUT2D eigenvalue weighted by atomic mass is 16.5. The van der Waals surface area contributed by atoms with Crippen LogP contribution in [0.5, 0.6) is 28.7 Å². The Hall–Kier alpha value is -2.82. The van der Waals surface area contributed by atoms with E-state index in [9.17, 15) is 10.2 Å². The van der Waals surface area contributed by atoms with Gasteiger partial charge in [-0.3, -0.25) is 0 Å². The zero-order valence-corrected chi connectivity index (χ0v) is 15.1. The molecular formula is C21H22O5. The van der Waals surface area contributed by atoms with Gasteiger partial charge < -0.3 is 24.4 Å². The monoisotopic (exact) mass is 354 g/mol. The van der Waals surface area contributed by atoms with E-state index in [1.165, 1.54) is 12.7 Å². The van der Waals surface area contributed by atoms with E-state index in [4.69, 9.17) is 14.2 Å². The third kappa shape index (κ3) is 2.64. The van der Waals surface area contributed by atoms with Crippen molar-refractivity contribution in [1.82, 2.24) is 0 Å². The highest BCUT2D eigenvalue weighted by molar-refractivity contribution is 5.57. The van der Waals surface area contributed by atoms with Gasteiger partial charge in [0.2, 0.25) is 0 Å². The molecule has 4 rings (SSSR count). The Bertz CT molecular complexity index is 896. The number of fused-ring (bicyclic) bond motifs is 5. The summed E-state index contributed by atoms with van der Waals surface area (Å²) in [6.07, 6.45) is 2.53. The minimum Gasteiger partial charge on any atom is -0.508 e. The van der Waals surface area contributed by atoms with Gasteiger partial charge >= 0.3 is 0 Å². The summed E-state index contributed by atoms with van der Waals surface area (Å²) in [6.45, 7) is 4.52. The van der Waals surface area contributed by atoms with Crippen molar-refractivity contribution in [2.24, 2.45) is 0 Å². The van der Waals surface area contributed by atoms with Crippen molar-refractivity contribution in [2.45, 2.75) is 32.3 Å². The molecule has 5 heteroatoms. The smallest absolute Gasteiger partial charge is 0.161 e. The lowest BCUT2D eigenvalue weighted by atomic mass is 9.88. The lowest BCUT2D eigenvalue weighted by Gasteiger charge is -2.28. The van der Waals surface area contributed by atoms with Gasteiger partial charge in [0, 0.05) is 23.3 Å². The number of rotatable bonds is 3. The average Bonchev–Trinajstić information content (AvgIpc) is 2.96. The van der Waals surface area contributed by atoms with Gasteiger partial charge in [-0.1, -0.05) is 11.6 Å². The molecule has 0 aliphatic carbocycles. The largest absolute Gasteiger partial charge is 0.508 e. The molecule has 0 unspecified atom stereocenters. The summed E-state index contributed by atoms with van der Waals surface area (Å²) < 4.78 is 17.3.